The van der Waals surface area contributed by atoms with Gasteiger partial charge in [0.2, 0.25) is 0 Å². The van der Waals surface area contributed by atoms with Gasteiger partial charge in [-0.1, -0.05) is 15.9 Å². The topological polar surface area (TPSA) is 64.6 Å². The van der Waals surface area contributed by atoms with Gasteiger partial charge in [0.15, 0.2) is 0 Å². The number of halogens is 3. The molecule has 108 valence electrons. The first kappa shape index (κ1) is 16.6. The van der Waals surface area contributed by atoms with Crippen molar-refractivity contribution in [3.05, 3.63) is 38.7 Å². The SMILES string of the molecule is COC(=O)/C=C(/Nc1c(F)cc(Br)cc1Br)C(=O)OC. The van der Waals surface area contributed by atoms with E-state index in [-0.39, 0.29) is 11.4 Å². The van der Waals surface area contributed by atoms with E-state index >= 15 is 0 Å². The molecule has 1 aromatic rings. The molecular weight excluding hydrogens is 401 g/mol. The second-order valence-electron chi connectivity index (χ2n) is 3.44. The molecule has 1 aromatic carbocycles. The Labute approximate surface area is 131 Å². The summed E-state index contributed by atoms with van der Waals surface area (Å²) >= 11 is 6.28. The van der Waals surface area contributed by atoms with Gasteiger partial charge >= 0.3 is 11.9 Å². The average Bonchev–Trinajstić information content (AvgIpc) is 2.40. The number of esters is 2. The summed E-state index contributed by atoms with van der Waals surface area (Å²) in [5.74, 6) is -2.22. The quantitative estimate of drug-likeness (QED) is 0.610. The molecule has 0 bridgehead atoms. The van der Waals surface area contributed by atoms with Crippen molar-refractivity contribution >= 4 is 49.5 Å². The van der Waals surface area contributed by atoms with Gasteiger partial charge in [0, 0.05) is 8.95 Å². The van der Waals surface area contributed by atoms with Crippen molar-refractivity contribution in [1.82, 2.24) is 0 Å². The Morgan fingerprint density at radius 2 is 1.90 bits per heavy atom. The molecule has 0 saturated heterocycles. The standard InChI is InChI=1S/C12H10Br2FNO4/c1-19-10(17)5-9(12(18)20-2)16-11-7(14)3-6(13)4-8(11)15/h3-5,16H,1-2H3/b9-5+. The maximum absolute atomic E-state index is 13.8. The van der Waals surface area contributed by atoms with E-state index in [1.165, 1.54) is 6.07 Å². The first-order chi connectivity index (χ1) is 9.38. The molecule has 20 heavy (non-hydrogen) atoms. The Bertz CT molecular complexity index is 552. The van der Waals surface area contributed by atoms with E-state index in [1.54, 1.807) is 6.07 Å². The number of benzene rings is 1. The Morgan fingerprint density at radius 3 is 2.40 bits per heavy atom. The van der Waals surface area contributed by atoms with Crippen molar-refractivity contribution in [3.63, 3.8) is 0 Å². The normalized spacial score (nSPS) is 10.9. The minimum atomic E-state index is -0.829. The van der Waals surface area contributed by atoms with Gasteiger partial charge < -0.3 is 14.8 Å². The summed E-state index contributed by atoms with van der Waals surface area (Å²) in [6.45, 7) is 0. The highest BCUT2D eigenvalue weighted by atomic mass is 79.9. The van der Waals surface area contributed by atoms with Crippen LogP contribution in [0.5, 0.6) is 0 Å². The van der Waals surface area contributed by atoms with Crippen LogP contribution in [0, 0.1) is 5.82 Å². The van der Waals surface area contributed by atoms with Crippen LogP contribution < -0.4 is 5.32 Å². The Kier molecular flexibility index (Phi) is 6.15. The van der Waals surface area contributed by atoms with Crippen LogP contribution in [-0.4, -0.2) is 26.2 Å². The number of anilines is 1. The van der Waals surface area contributed by atoms with Gasteiger partial charge in [-0.15, -0.1) is 0 Å². The number of hydrogen-bond acceptors (Lipinski definition) is 5. The second-order valence-corrected chi connectivity index (χ2v) is 5.21. The summed E-state index contributed by atoms with van der Waals surface area (Å²) < 4.78 is 23.6. The molecule has 5 nitrogen and oxygen atoms in total. The monoisotopic (exact) mass is 409 g/mol. The van der Waals surface area contributed by atoms with Crippen LogP contribution in [0.1, 0.15) is 0 Å². The molecule has 8 heteroatoms. The number of nitrogens with one attached hydrogen (secondary N) is 1. The third-order valence-corrected chi connectivity index (χ3v) is 3.22. The molecule has 0 spiro atoms. The third-order valence-electron chi connectivity index (χ3n) is 2.14. The minimum Gasteiger partial charge on any atom is -0.466 e. The van der Waals surface area contributed by atoms with Crippen molar-refractivity contribution < 1.29 is 23.5 Å². The van der Waals surface area contributed by atoms with Crippen molar-refractivity contribution in [2.45, 2.75) is 0 Å². The van der Waals surface area contributed by atoms with Crippen LogP contribution in [0.2, 0.25) is 0 Å². The van der Waals surface area contributed by atoms with E-state index in [0.29, 0.717) is 8.95 Å². The summed E-state index contributed by atoms with van der Waals surface area (Å²) in [5.41, 5.74) is -0.255. The predicted molar refractivity (Wildman–Crippen MR) is 77.5 cm³/mol. The molecule has 0 saturated carbocycles. The Morgan fingerprint density at radius 1 is 1.25 bits per heavy atom. The van der Waals surface area contributed by atoms with Crippen molar-refractivity contribution in [3.8, 4) is 0 Å². The summed E-state index contributed by atoms with van der Waals surface area (Å²) in [6, 6.07) is 2.79. The maximum Gasteiger partial charge on any atom is 0.354 e. The lowest BCUT2D eigenvalue weighted by atomic mass is 10.3. The van der Waals surface area contributed by atoms with Crippen LogP contribution in [0.3, 0.4) is 0 Å². The first-order valence-corrected chi connectivity index (χ1v) is 6.77. The van der Waals surface area contributed by atoms with Gasteiger partial charge in [0.1, 0.15) is 11.5 Å². The van der Waals surface area contributed by atoms with Crippen molar-refractivity contribution in [2.24, 2.45) is 0 Å². The van der Waals surface area contributed by atoms with Crippen molar-refractivity contribution in [1.29, 1.82) is 0 Å². The molecule has 0 radical (unpaired) electrons. The number of methoxy groups -OCH3 is 2. The van der Waals surface area contributed by atoms with Gasteiger partial charge in [-0.25, -0.2) is 14.0 Å². The van der Waals surface area contributed by atoms with Gasteiger partial charge in [-0.2, -0.15) is 0 Å². The number of ether oxygens (including phenoxy) is 2. The van der Waals surface area contributed by atoms with Crippen LogP contribution in [0.4, 0.5) is 10.1 Å². The third kappa shape index (κ3) is 4.31. The number of hydrogen-bond donors (Lipinski definition) is 1. The van der Waals surface area contributed by atoms with Crippen LogP contribution >= 0.6 is 31.9 Å². The van der Waals surface area contributed by atoms with Gasteiger partial charge in [-0.3, -0.25) is 0 Å². The highest BCUT2D eigenvalue weighted by molar-refractivity contribution is 9.11. The van der Waals surface area contributed by atoms with E-state index < -0.39 is 17.8 Å². The first-order valence-electron chi connectivity index (χ1n) is 5.18. The molecule has 1 rings (SSSR count). The van der Waals surface area contributed by atoms with Gasteiger partial charge in [0.05, 0.1) is 26.0 Å². The Hall–Kier alpha value is -1.41. The van der Waals surface area contributed by atoms with E-state index in [0.717, 1.165) is 20.3 Å². The number of carbonyl (C=O) groups is 2. The predicted octanol–water partition coefficient (Wildman–Crippen LogP) is 2.99. The highest BCUT2D eigenvalue weighted by Gasteiger charge is 2.17. The van der Waals surface area contributed by atoms with Gasteiger partial charge in [-0.05, 0) is 28.1 Å². The van der Waals surface area contributed by atoms with E-state index in [9.17, 15) is 14.0 Å². The zero-order valence-corrected chi connectivity index (χ0v) is 13.7. The molecule has 0 fully saturated rings. The lowest BCUT2D eigenvalue weighted by Crippen LogP contribution is -2.16. The lowest BCUT2D eigenvalue weighted by Gasteiger charge is -2.12. The van der Waals surface area contributed by atoms with Crippen LogP contribution in [-0.2, 0) is 19.1 Å². The summed E-state index contributed by atoms with van der Waals surface area (Å²) in [7, 11) is 2.30. The average molecular weight is 411 g/mol. The largest absolute Gasteiger partial charge is 0.466 e. The smallest absolute Gasteiger partial charge is 0.354 e. The highest BCUT2D eigenvalue weighted by Crippen LogP contribution is 2.30. The molecular formula is C12H10Br2FNO4. The fourth-order valence-electron chi connectivity index (χ4n) is 1.23. The minimum absolute atomic E-state index is 0.00578. The molecule has 0 aliphatic heterocycles. The van der Waals surface area contributed by atoms with Crippen molar-refractivity contribution in [2.75, 3.05) is 19.5 Å². The molecule has 0 aliphatic carbocycles. The van der Waals surface area contributed by atoms with Crippen LogP contribution in [0.25, 0.3) is 0 Å². The molecule has 0 atom stereocenters. The summed E-state index contributed by atoms with van der Waals surface area (Å²) in [6.07, 6.45) is 0.875. The number of carbonyl (C=O) groups excluding carboxylic acids is 2. The van der Waals surface area contributed by atoms with Crippen LogP contribution in [0.15, 0.2) is 32.9 Å². The molecule has 0 aromatic heterocycles. The second kappa shape index (κ2) is 7.39. The zero-order valence-electron chi connectivity index (χ0n) is 10.5. The van der Waals surface area contributed by atoms with E-state index in [4.69, 9.17) is 0 Å². The van der Waals surface area contributed by atoms with E-state index in [2.05, 4.69) is 46.7 Å². The fourth-order valence-corrected chi connectivity index (χ4v) is 2.50. The Balaban J connectivity index is 3.17. The fraction of sp³-hybridized carbons (Fsp3) is 0.167. The molecule has 0 unspecified atom stereocenters. The lowest BCUT2D eigenvalue weighted by molar-refractivity contribution is -0.138. The summed E-state index contributed by atoms with van der Waals surface area (Å²) in [5, 5.41) is 2.50. The number of rotatable bonds is 4. The van der Waals surface area contributed by atoms with Gasteiger partial charge in [0.25, 0.3) is 0 Å². The summed E-state index contributed by atoms with van der Waals surface area (Å²) in [4.78, 5) is 22.7. The molecule has 0 amide bonds. The zero-order chi connectivity index (χ0) is 15.3. The van der Waals surface area contributed by atoms with E-state index in [1.807, 2.05) is 0 Å². The molecule has 0 heterocycles. The molecule has 0 aliphatic rings. The maximum atomic E-state index is 13.8. The molecule has 1 N–H and O–H groups in total.